The molecule has 1 amide bonds. The monoisotopic (exact) mass is 397 g/mol. The van der Waals surface area contributed by atoms with Crippen molar-refractivity contribution in [2.75, 3.05) is 13.2 Å². The molecule has 1 N–H and O–H groups in total. The minimum atomic E-state index is -0.258. The van der Waals surface area contributed by atoms with Crippen molar-refractivity contribution in [2.24, 2.45) is 0 Å². The molecule has 6 nitrogen and oxygen atoms in total. The number of nitrogens with one attached hydrogen (secondary N) is 1. The van der Waals surface area contributed by atoms with Crippen LogP contribution in [0.2, 0.25) is 5.02 Å². The zero-order valence-electron chi connectivity index (χ0n) is 15.4. The lowest BCUT2D eigenvalue weighted by molar-refractivity contribution is 0.0948. The fourth-order valence-electron chi connectivity index (χ4n) is 2.69. The molecule has 0 unspecified atom stereocenters. The first kappa shape index (κ1) is 19.6. The third-order valence-electron chi connectivity index (χ3n) is 4.05. The standard InChI is InChI=1S/C21H20ClN3O3/c1-2-28-19-6-4-3-5-17(19)21(27)23-13-14-25-20(26)12-11-18(24-25)15-7-9-16(22)10-8-15/h3-12H,2,13-14H2,1H3,(H,23,27). The maximum atomic E-state index is 12.4. The van der Waals surface area contributed by atoms with Crippen molar-refractivity contribution in [3.63, 3.8) is 0 Å². The fraction of sp³-hybridized carbons (Fsp3) is 0.190. The molecule has 0 radical (unpaired) electrons. The summed E-state index contributed by atoms with van der Waals surface area (Å²) in [5, 5.41) is 7.81. The van der Waals surface area contributed by atoms with Crippen molar-refractivity contribution in [2.45, 2.75) is 13.5 Å². The lowest BCUT2D eigenvalue weighted by Crippen LogP contribution is -2.32. The molecule has 3 aromatic rings. The van der Waals surface area contributed by atoms with Gasteiger partial charge in [0, 0.05) is 23.2 Å². The van der Waals surface area contributed by atoms with Crippen molar-refractivity contribution in [1.82, 2.24) is 15.1 Å². The highest BCUT2D eigenvalue weighted by molar-refractivity contribution is 6.30. The molecule has 0 spiro atoms. The summed E-state index contributed by atoms with van der Waals surface area (Å²) in [5.74, 6) is 0.272. The Bertz CT molecular complexity index is 1020. The van der Waals surface area contributed by atoms with Gasteiger partial charge in [-0.05, 0) is 37.3 Å². The lowest BCUT2D eigenvalue weighted by atomic mass is 10.1. The van der Waals surface area contributed by atoms with E-state index in [0.29, 0.717) is 28.6 Å². The molecule has 28 heavy (non-hydrogen) atoms. The molecule has 0 saturated heterocycles. The van der Waals surface area contributed by atoms with Crippen molar-refractivity contribution >= 4 is 17.5 Å². The van der Waals surface area contributed by atoms with Crippen LogP contribution in [0.15, 0.2) is 65.5 Å². The SMILES string of the molecule is CCOc1ccccc1C(=O)NCCn1nc(-c2ccc(Cl)cc2)ccc1=O. The van der Waals surface area contributed by atoms with Gasteiger partial charge in [0.05, 0.1) is 24.4 Å². The van der Waals surface area contributed by atoms with Crippen molar-refractivity contribution in [1.29, 1.82) is 0 Å². The summed E-state index contributed by atoms with van der Waals surface area (Å²) in [6.07, 6.45) is 0. The zero-order valence-corrected chi connectivity index (χ0v) is 16.1. The van der Waals surface area contributed by atoms with Gasteiger partial charge in [0.25, 0.3) is 11.5 Å². The van der Waals surface area contributed by atoms with Crippen LogP contribution in [0.3, 0.4) is 0 Å². The van der Waals surface area contributed by atoms with Gasteiger partial charge < -0.3 is 10.1 Å². The van der Waals surface area contributed by atoms with E-state index < -0.39 is 0 Å². The molecule has 2 aromatic carbocycles. The molecule has 7 heteroatoms. The van der Waals surface area contributed by atoms with Crippen LogP contribution in [0.4, 0.5) is 0 Å². The Morgan fingerprint density at radius 3 is 2.61 bits per heavy atom. The minimum absolute atomic E-state index is 0.235. The van der Waals surface area contributed by atoms with E-state index in [1.807, 2.05) is 25.1 Å². The first-order valence-corrected chi connectivity index (χ1v) is 9.30. The number of carbonyl (C=O) groups excluding carboxylic acids is 1. The van der Waals surface area contributed by atoms with Crippen LogP contribution in [0.1, 0.15) is 17.3 Å². The van der Waals surface area contributed by atoms with E-state index in [0.717, 1.165) is 5.56 Å². The number of amides is 1. The van der Waals surface area contributed by atoms with Crippen molar-refractivity contribution in [3.8, 4) is 17.0 Å². The quantitative estimate of drug-likeness (QED) is 0.663. The number of halogens is 1. The van der Waals surface area contributed by atoms with E-state index in [4.69, 9.17) is 16.3 Å². The Morgan fingerprint density at radius 1 is 1.11 bits per heavy atom. The highest BCUT2D eigenvalue weighted by Crippen LogP contribution is 2.19. The summed E-state index contributed by atoms with van der Waals surface area (Å²) in [5.41, 5.74) is 1.73. The average Bonchev–Trinajstić information content (AvgIpc) is 2.70. The van der Waals surface area contributed by atoms with E-state index in [9.17, 15) is 9.59 Å². The van der Waals surface area contributed by atoms with E-state index >= 15 is 0 Å². The van der Waals surface area contributed by atoms with Crippen LogP contribution in [-0.4, -0.2) is 28.8 Å². The second kappa shape index (κ2) is 9.19. The number of para-hydroxylation sites is 1. The second-order valence-corrected chi connectivity index (χ2v) is 6.41. The van der Waals surface area contributed by atoms with E-state index in [1.165, 1.54) is 10.7 Å². The zero-order chi connectivity index (χ0) is 19.9. The Kier molecular flexibility index (Phi) is 6.45. The summed E-state index contributed by atoms with van der Waals surface area (Å²) < 4.78 is 6.81. The first-order valence-electron chi connectivity index (χ1n) is 8.92. The maximum Gasteiger partial charge on any atom is 0.266 e. The summed E-state index contributed by atoms with van der Waals surface area (Å²) in [7, 11) is 0. The van der Waals surface area contributed by atoms with Crippen LogP contribution in [-0.2, 0) is 6.54 Å². The smallest absolute Gasteiger partial charge is 0.266 e. The molecule has 0 aliphatic rings. The number of rotatable bonds is 7. The second-order valence-electron chi connectivity index (χ2n) is 5.97. The van der Waals surface area contributed by atoms with Gasteiger partial charge in [-0.15, -0.1) is 0 Å². The number of hydrogen-bond donors (Lipinski definition) is 1. The molecule has 0 aliphatic heterocycles. The number of aromatic nitrogens is 2. The van der Waals surface area contributed by atoms with Crippen LogP contribution in [0.5, 0.6) is 5.75 Å². The van der Waals surface area contributed by atoms with Crippen LogP contribution in [0.25, 0.3) is 11.3 Å². The number of ether oxygens (including phenoxy) is 1. The third-order valence-corrected chi connectivity index (χ3v) is 4.30. The highest BCUT2D eigenvalue weighted by Gasteiger charge is 2.11. The largest absolute Gasteiger partial charge is 0.493 e. The van der Waals surface area contributed by atoms with Crippen molar-refractivity contribution < 1.29 is 9.53 Å². The summed E-state index contributed by atoms with van der Waals surface area (Å²) in [6.45, 7) is 2.85. The van der Waals surface area contributed by atoms with Gasteiger partial charge in [0.1, 0.15) is 5.75 Å². The van der Waals surface area contributed by atoms with Gasteiger partial charge in [-0.1, -0.05) is 35.9 Å². The maximum absolute atomic E-state index is 12.4. The fourth-order valence-corrected chi connectivity index (χ4v) is 2.82. The molecule has 0 atom stereocenters. The predicted octanol–water partition coefficient (Wildman–Crippen LogP) is 3.39. The summed E-state index contributed by atoms with van der Waals surface area (Å²) in [6, 6.07) is 17.4. The number of benzene rings is 2. The van der Waals surface area contributed by atoms with E-state index in [-0.39, 0.29) is 24.6 Å². The first-order chi connectivity index (χ1) is 13.6. The molecule has 1 aromatic heterocycles. The van der Waals surface area contributed by atoms with Gasteiger partial charge in [-0.3, -0.25) is 9.59 Å². The average molecular weight is 398 g/mol. The van der Waals surface area contributed by atoms with Gasteiger partial charge in [-0.25, -0.2) is 4.68 Å². The molecular weight excluding hydrogens is 378 g/mol. The van der Waals surface area contributed by atoms with Gasteiger partial charge in [-0.2, -0.15) is 5.10 Å². The van der Waals surface area contributed by atoms with Gasteiger partial charge >= 0.3 is 0 Å². The molecule has 0 aliphatic carbocycles. The van der Waals surface area contributed by atoms with Crippen molar-refractivity contribution in [3.05, 3.63) is 81.6 Å². The topological polar surface area (TPSA) is 73.2 Å². The Labute approximate surface area is 167 Å². The third kappa shape index (κ3) is 4.78. The summed E-state index contributed by atoms with van der Waals surface area (Å²) in [4.78, 5) is 24.5. The van der Waals surface area contributed by atoms with Crippen LogP contribution in [0, 0.1) is 0 Å². The molecule has 3 rings (SSSR count). The number of hydrogen-bond acceptors (Lipinski definition) is 4. The molecule has 1 heterocycles. The number of nitrogens with zero attached hydrogens (tertiary/aromatic N) is 2. The Balaban J connectivity index is 1.68. The van der Waals surface area contributed by atoms with E-state index in [1.54, 1.807) is 36.4 Å². The van der Waals surface area contributed by atoms with Crippen LogP contribution >= 0.6 is 11.6 Å². The minimum Gasteiger partial charge on any atom is -0.493 e. The van der Waals surface area contributed by atoms with E-state index in [2.05, 4.69) is 10.4 Å². The molecular formula is C21H20ClN3O3. The Morgan fingerprint density at radius 2 is 1.86 bits per heavy atom. The van der Waals surface area contributed by atoms with Gasteiger partial charge in [0.2, 0.25) is 0 Å². The predicted molar refractivity (Wildman–Crippen MR) is 109 cm³/mol. The molecule has 0 bridgehead atoms. The number of carbonyl (C=O) groups is 1. The van der Waals surface area contributed by atoms with Gasteiger partial charge in [0.15, 0.2) is 0 Å². The van der Waals surface area contributed by atoms with Crippen LogP contribution < -0.4 is 15.6 Å². The normalized spacial score (nSPS) is 10.5. The Hall–Kier alpha value is -3.12. The molecule has 0 saturated carbocycles. The highest BCUT2D eigenvalue weighted by atomic mass is 35.5. The summed E-state index contributed by atoms with van der Waals surface area (Å²) >= 11 is 5.91. The molecule has 144 valence electrons. The lowest BCUT2D eigenvalue weighted by Gasteiger charge is -2.11. The molecule has 0 fully saturated rings.